The molecule has 2 heteroatoms. The minimum Gasteiger partial charge on any atom is -0.545 e. The molecule has 0 heterocycles. The molecule has 0 aliphatic heterocycles. The number of hydrogen-bond donors (Lipinski definition) is 0. The summed E-state index contributed by atoms with van der Waals surface area (Å²) in [5.41, 5.74) is 1.12. The van der Waals surface area contributed by atoms with Crippen LogP contribution in [0.1, 0.15) is 20.8 Å². The highest BCUT2D eigenvalue weighted by atomic mass is 16.4. The Bertz CT molecular complexity index is 129. The van der Waals surface area contributed by atoms with E-state index in [4.69, 9.17) is 0 Å². The van der Waals surface area contributed by atoms with E-state index in [2.05, 4.69) is 0 Å². The number of carboxylic acids is 1. The van der Waals surface area contributed by atoms with Gasteiger partial charge in [-0.25, -0.2) is 0 Å². The molecule has 0 aromatic heterocycles. The van der Waals surface area contributed by atoms with E-state index in [0.29, 0.717) is 5.57 Å². The lowest BCUT2D eigenvalue weighted by atomic mass is 10.2. The fraction of sp³-hybridized carbons (Fsp3) is 0.500. The van der Waals surface area contributed by atoms with E-state index < -0.39 is 5.97 Å². The summed E-state index contributed by atoms with van der Waals surface area (Å²) in [6.07, 6.45) is 0. The molecule has 0 rings (SSSR count). The Morgan fingerprint density at radius 2 is 1.62 bits per heavy atom. The molecule has 8 heavy (non-hydrogen) atoms. The molecule has 0 aliphatic carbocycles. The van der Waals surface area contributed by atoms with E-state index in [9.17, 15) is 9.90 Å². The van der Waals surface area contributed by atoms with Crippen molar-refractivity contribution in [1.82, 2.24) is 0 Å². The first-order valence-electron chi connectivity index (χ1n) is 2.41. The van der Waals surface area contributed by atoms with Gasteiger partial charge in [-0.05, 0) is 26.3 Å². The number of carbonyl (C=O) groups is 1. The first-order valence-corrected chi connectivity index (χ1v) is 2.41. The second-order valence-electron chi connectivity index (χ2n) is 1.91. The summed E-state index contributed by atoms with van der Waals surface area (Å²) in [6, 6.07) is 0. The standard InChI is InChI=1S/C6H10O2/c1-4(2)5(3)6(7)8/h1-3H3,(H,7,8)/p-1. The lowest BCUT2D eigenvalue weighted by Crippen LogP contribution is -2.23. The molecular formula is C6H9O2-. The topological polar surface area (TPSA) is 40.1 Å². The van der Waals surface area contributed by atoms with Crippen LogP contribution in [0.4, 0.5) is 0 Å². The molecule has 0 unspecified atom stereocenters. The van der Waals surface area contributed by atoms with E-state index >= 15 is 0 Å². The Hall–Kier alpha value is -0.790. The van der Waals surface area contributed by atoms with Crippen molar-refractivity contribution in [2.75, 3.05) is 0 Å². The highest BCUT2D eigenvalue weighted by Gasteiger charge is 1.88. The van der Waals surface area contributed by atoms with E-state index in [1.165, 1.54) is 6.92 Å². The van der Waals surface area contributed by atoms with Crippen molar-refractivity contribution in [1.29, 1.82) is 0 Å². The smallest absolute Gasteiger partial charge is 0.0671 e. The second-order valence-corrected chi connectivity index (χ2v) is 1.91. The van der Waals surface area contributed by atoms with Gasteiger partial charge < -0.3 is 9.90 Å². The molecule has 0 aromatic carbocycles. The summed E-state index contributed by atoms with van der Waals surface area (Å²) >= 11 is 0. The molecular weight excluding hydrogens is 104 g/mol. The molecule has 0 amide bonds. The van der Waals surface area contributed by atoms with Gasteiger partial charge in [0.25, 0.3) is 0 Å². The van der Waals surface area contributed by atoms with Crippen LogP contribution in [-0.4, -0.2) is 5.97 Å². The molecule has 0 N–H and O–H groups in total. The molecule has 0 fully saturated rings. The molecule has 0 atom stereocenters. The number of aliphatic carboxylic acids is 1. The maximum Gasteiger partial charge on any atom is 0.0671 e. The van der Waals surface area contributed by atoms with E-state index in [0.717, 1.165) is 5.57 Å². The van der Waals surface area contributed by atoms with Crippen molar-refractivity contribution in [2.45, 2.75) is 20.8 Å². The van der Waals surface area contributed by atoms with Gasteiger partial charge in [-0.15, -0.1) is 0 Å². The average Bonchev–Trinajstić information content (AvgIpc) is 1.64. The van der Waals surface area contributed by atoms with E-state index in [1.54, 1.807) is 13.8 Å². The molecule has 0 radical (unpaired) electrons. The average molecular weight is 113 g/mol. The molecule has 2 nitrogen and oxygen atoms in total. The number of rotatable bonds is 1. The van der Waals surface area contributed by atoms with Gasteiger partial charge >= 0.3 is 0 Å². The number of carbonyl (C=O) groups excluding carboxylic acids is 1. The molecule has 0 bridgehead atoms. The van der Waals surface area contributed by atoms with Crippen LogP contribution in [0, 0.1) is 0 Å². The van der Waals surface area contributed by atoms with Crippen LogP contribution in [0.3, 0.4) is 0 Å². The quantitative estimate of drug-likeness (QED) is 0.452. The van der Waals surface area contributed by atoms with Crippen LogP contribution in [0.25, 0.3) is 0 Å². The predicted molar refractivity (Wildman–Crippen MR) is 29.1 cm³/mol. The number of carboxylic acid groups (broad SMARTS) is 1. The van der Waals surface area contributed by atoms with Crippen molar-refractivity contribution < 1.29 is 9.90 Å². The third-order valence-corrected chi connectivity index (χ3v) is 1.06. The third-order valence-electron chi connectivity index (χ3n) is 1.06. The zero-order chi connectivity index (χ0) is 6.73. The predicted octanol–water partition coefficient (Wildman–Crippen LogP) is 0.0926. The fourth-order valence-corrected chi connectivity index (χ4v) is 0.204. The van der Waals surface area contributed by atoms with Gasteiger partial charge in [0.2, 0.25) is 0 Å². The molecule has 0 aliphatic rings. The van der Waals surface area contributed by atoms with Crippen molar-refractivity contribution >= 4 is 5.97 Å². The number of hydrogen-bond acceptors (Lipinski definition) is 2. The molecule has 0 spiro atoms. The lowest BCUT2D eigenvalue weighted by molar-refractivity contribution is -0.299. The Morgan fingerprint density at radius 3 is 1.62 bits per heavy atom. The third kappa shape index (κ3) is 1.78. The first-order chi connectivity index (χ1) is 3.55. The second kappa shape index (κ2) is 2.50. The summed E-state index contributed by atoms with van der Waals surface area (Å²) in [7, 11) is 0. The van der Waals surface area contributed by atoms with Crippen LogP contribution >= 0.6 is 0 Å². The van der Waals surface area contributed by atoms with Crippen LogP contribution < -0.4 is 5.11 Å². The fourth-order valence-electron chi connectivity index (χ4n) is 0.204. The summed E-state index contributed by atoms with van der Waals surface area (Å²) in [5, 5.41) is 9.97. The maximum atomic E-state index is 9.97. The highest BCUT2D eigenvalue weighted by Crippen LogP contribution is 1.98. The molecule has 0 aromatic rings. The molecule has 46 valence electrons. The summed E-state index contributed by atoms with van der Waals surface area (Å²) < 4.78 is 0. The van der Waals surface area contributed by atoms with Crippen molar-refractivity contribution in [3.05, 3.63) is 11.1 Å². The zero-order valence-corrected chi connectivity index (χ0v) is 5.32. The van der Waals surface area contributed by atoms with Crippen LogP contribution in [0.5, 0.6) is 0 Å². The maximum absolute atomic E-state index is 9.97. The SMILES string of the molecule is CC(C)=C(C)C(=O)[O-]. The first kappa shape index (κ1) is 7.21. The summed E-state index contributed by atoms with van der Waals surface area (Å²) in [4.78, 5) is 9.97. The van der Waals surface area contributed by atoms with E-state index in [1.807, 2.05) is 0 Å². The van der Waals surface area contributed by atoms with Crippen molar-refractivity contribution in [2.24, 2.45) is 0 Å². The normalized spacial score (nSPS) is 8.38. The largest absolute Gasteiger partial charge is 0.545 e. The van der Waals surface area contributed by atoms with Gasteiger partial charge in [-0.2, -0.15) is 0 Å². The number of allylic oxidation sites excluding steroid dienone is 1. The van der Waals surface area contributed by atoms with Crippen molar-refractivity contribution in [3.63, 3.8) is 0 Å². The van der Waals surface area contributed by atoms with E-state index in [-0.39, 0.29) is 0 Å². The van der Waals surface area contributed by atoms with Crippen LogP contribution in [0.2, 0.25) is 0 Å². The Balaban J connectivity index is 4.23. The molecule has 0 saturated carbocycles. The van der Waals surface area contributed by atoms with Gasteiger partial charge in [0.05, 0.1) is 5.97 Å². The zero-order valence-electron chi connectivity index (χ0n) is 5.32. The van der Waals surface area contributed by atoms with Gasteiger partial charge in [-0.1, -0.05) is 5.57 Å². The molecule has 0 saturated heterocycles. The summed E-state index contributed by atoms with van der Waals surface area (Å²) in [5.74, 6) is -1.08. The van der Waals surface area contributed by atoms with Gasteiger partial charge in [-0.3, -0.25) is 0 Å². The monoisotopic (exact) mass is 113 g/mol. The van der Waals surface area contributed by atoms with Crippen LogP contribution in [-0.2, 0) is 4.79 Å². The van der Waals surface area contributed by atoms with Gasteiger partial charge in [0.15, 0.2) is 0 Å². The minimum absolute atomic E-state index is 0.324. The van der Waals surface area contributed by atoms with Crippen LogP contribution in [0.15, 0.2) is 11.1 Å². The van der Waals surface area contributed by atoms with Crippen molar-refractivity contribution in [3.8, 4) is 0 Å². The minimum atomic E-state index is -1.08. The van der Waals surface area contributed by atoms with Gasteiger partial charge in [0.1, 0.15) is 0 Å². The summed E-state index contributed by atoms with van der Waals surface area (Å²) in [6.45, 7) is 5.01. The lowest BCUT2D eigenvalue weighted by Gasteiger charge is -2.01. The Labute approximate surface area is 48.8 Å². The Kier molecular flexibility index (Phi) is 2.25. The highest BCUT2D eigenvalue weighted by molar-refractivity contribution is 5.84. The Morgan fingerprint density at radius 1 is 1.25 bits per heavy atom. The van der Waals surface area contributed by atoms with Gasteiger partial charge in [0, 0.05) is 0 Å².